The van der Waals surface area contributed by atoms with Gasteiger partial charge in [-0.15, -0.1) is 0 Å². The topological polar surface area (TPSA) is 175 Å². The normalized spacial score (nSPS) is 10.5. The summed E-state index contributed by atoms with van der Waals surface area (Å²) in [6.07, 6.45) is 25.8. The maximum absolute atomic E-state index is 11.3. The minimum atomic E-state index is 0.258. The molecular weight excluding hydrogens is 1310 g/mol. The van der Waals surface area contributed by atoms with E-state index in [-0.39, 0.29) is 5.91 Å². The molecule has 600 valence electrons. The van der Waals surface area contributed by atoms with Crippen molar-refractivity contribution in [3.63, 3.8) is 0 Å². The Bertz CT molecular complexity index is 2720. The van der Waals surface area contributed by atoms with Crippen molar-refractivity contribution in [2.24, 2.45) is 14.1 Å². The number of pyridine rings is 5. The molecule has 106 heavy (non-hydrogen) atoms. The molecule has 1 aliphatic heterocycles. The van der Waals surface area contributed by atoms with Gasteiger partial charge in [0.1, 0.15) is 5.76 Å². The lowest BCUT2D eigenvalue weighted by Crippen LogP contribution is -2.51. The van der Waals surface area contributed by atoms with Crippen LogP contribution in [-0.2, 0) is 18.9 Å². The van der Waals surface area contributed by atoms with E-state index in [0.29, 0.717) is 65.8 Å². The first-order valence-electron chi connectivity index (χ1n) is 39.7. The minimum Gasteiger partial charge on any atom is -0.361 e. The monoisotopic (exact) mass is 1470 g/mol. The van der Waals surface area contributed by atoms with Crippen LogP contribution < -0.4 is 0 Å². The van der Waals surface area contributed by atoms with E-state index in [4.69, 9.17) is 4.52 Å². The maximum Gasteiger partial charge on any atom is 0.237 e. The van der Waals surface area contributed by atoms with Gasteiger partial charge >= 0.3 is 0 Å². The van der Waals surface area contributed by atoms with Crippen LogP contribution in [-0.4, -0.2) is 108 Å². The van der Waals surface area contributed by atoms with E-state index < -0.39 is 0 Å². The lowest BCUT2D eigenvalue weighted by molar-refractivity contribution is -0.137. The van der Waals surface area contributed by atoms with Gasteiger partial charge in [0.2, 0.25) is 5.91 Å². The van der Waals surface area contributed by atoms with E-state index in [1.807, 2.05) is 268 Å². The van der Waals surface area contributed by atoms with Crippen LogP contribution in [0.4, 0.5) is 0 Å². The molecule has 0 radical (unpaired) electrons. The molecule has 1 saturated heterocycles. The van der Waals surface area contributed by atoms with Crippen LogP contribution in [0, 0.1) is 6.92 Å². The summed E-state index contributed by atoms with van der Waals surface area (Å²) < 4.78 is 8.53. The predicted molar refractivity (Wildman–Crippen MR) is 461 cm³/mol. The molecule has 1 amide bonds. The van der Waals surface area contributed by atoms with Gasteiger partial charge in [-0.1, -0.05) is 251 Å². The molecule has 1 fully saturated rings. The minimum absolute atomic E-state index is 0.258. The molecule has 0 saturated carbocycles. The molecule has 0 N–H and O–H groups in total. The molecule has 10 rings (SSSR count). The van der Waals surface area contributed by atoms with Gasteiger partial charge in [0.15, 0.2) is 0 Å². The number of carbonyl (C=O) groups excluding carboxylic acids is 1. The second kappa shape index (κ2) is 75.1. The summed E-state index contributed by atoms with van der Waals surface area (Å²) in [7, 11) is 5.85. The van der Waals surface area contributed by atoms with Crippen molar-refractivity contribution in [3.8, 4) is 0 Å². The van der Waals surface area contributed by atoms with E-state index >= 15 is 0 Å². The molecule has 16 heteroatoms. The van der Waals surface area contributed by atoms with Crippen molar-refractivity contribution in [1.82, 2.24) is 69.4 Å². The third-order valence-corrected chi connectivity index (χ3v) is 13.8. The van der Waals surface area contributed by atoms with Crippen LogP contribution in [0.25, 0.3) is 0 Å². The van der Waals surface area contributed by atoms with E-state index in [9.17, 15) is 4.79 Å². The fourth-order valence-electron chi connectivity index (χ4n) is 7.71. The lowest BCUT2D eigenvalue weighted by atomic mass is 10.1. The lowest BCUT2D eigenvalue weighted by Gasteiger charge is -2.34. The van der Waals surface area contributed by atoms with Crippen molar-refractivity contribution in [3.05, 3.63) is 228 Å². The number of carbonyl (C=O) groups is 1. The van der Waals surface area contributed by atoms with Crippen LogP contribution in [0.15, 0.2) is 176 Å². The fourth-order valence-corrected chi connectivity index (χ4v) is 7.71. The zero-order chi connectivity index (χ0) is 83.1. The van der Waals surface area contributed by atoms with E-state index in [2.05, 4.69) is 206 Å². The zero-order valence-corrected chi connectivity index (χ0v) is 74.6. The van der Waals surface area contributed by atoms with Gasteiger partial charge in [-0.25, -0.2) is 0 Å². The first kappa shape index (κ1) is 111. The smallest absolute Gasteiger partial charge is 0.237 e. The summed E-state index contributed by atoms with van der Waals surface area (Å²) >= 11 is 0. The van der Waals surface area contributed by atoms with Crippen molar-refractivity contribution < 1.29 is 9.32 Å². The SMILES string of the molecule is CC.CC.CC.CC.CC.CC.CC.CC(C)N1CCN(C)CC1=O.CC(C)c1ccccn1.CC(C)c1ccccn1.CC(C)c1cccnc1.CC(C)c1cccnc1.CC(C)c1ccn(C)n1.CC(C)c1ccncc1.CC(C)c1cnccn1.CC(C)c1cnn(C)c1.Cc1cc(C(C)C)no1. The molecule has 9 aromatic rings. The Morgan fingerprint density at radius 2 is 0.774 bits per heavy atom. The Labute approximate surface area is 651 Å². The predicted octanol–water partition coefficient (Wildman–Crippen LogP) is 25.2. The average molecular weight is 1470 g/mol. The van der Waals surface area contributed by atoms with Crippen LogP contribution in [0.1, 0.15) is 345 Å². The molecule has 0 aliphatic carbocycles. The summed E-state index contributed by atoms with van der Waals surface area (Å²) in [5, 5.41) is 12.1. The average Bonchev–Trinajstić information content (AvgIpc) is 1.40. The van der Waals surface area contributed by atoms with Gasteiger partial charge in [0, 0.05) is 131 Å². The van der Waals surface area contributed by atoms with Crippen molar-refractivity contribution in [2.75, 3.05) is 26.7 Å². The second-order valence-corrected chi connectivity index (χ2v) is 25.5. The summed E-state index contributed by atoms with van der Waals surface area (Å²) in [6.45, 7) is 75.1. The summed E-state index contributed by atoms with van der Waals surface area (Å²) in [5.74, 6) is 6.15. The van der Waals surface area contributed by atoms with Gasteiger partial charge < -0.3 is 9.42 Å². The molecule has 0 spiro atoms. The molecule has 16 nitrogen and oxygen atoms in total. The number of likely N-dealkylation sites (N-methyl/N-ethyl adjacent to an activating group) is 1. The van der Waals surface area contributed by atoms with Gasteiger partial charge in [-0.2, -0.15) is 10.2 Å². The number of hydrogen-bond acceptors (Lipinski definition) is 13. The first-order valence-corrected chi connectivity index (χ1v) is 39.7. The van der Waals surface area contributed by atoms with Gasteiger partial charge in [-0.3, -0.25) is 53.9 Å². The molecule has 0 aromatic carbocycles. The third-order valence-electron chi connectivity index (χ3n) is 13.8. The Hall–Kier alpha value is -8.11. The number of aromatic nitrogens is 12. The number of rotatable bonds is 10. The highest BCUT2D eigenvalue weighted by Crippen LogP contribution is 2.16. The molecule has 0 unspecified atom stereocenters. The Morgan fingerprint density at radius 3 is 0.991 bits per heavy atom. The molecule has 9 aromatic heterocycles. The molecule has 1 aliphatic rings. The van der Waals surface area contributed by atoms with Gasteiger partial charge in [-0.05, 0) is 158 Å². The van der Waals surface area contributed by atoms with E-state index in [1.54, 1.807) is 31.0 Å². The third kappa shape index (κ3) is 60.1. The maximum atomic E-state index is 11.3. The van der Waals surface area contributed by atoms with E-state index in [0.717, 1.165) is 47.3 Å². The quantitative estimate of drug-likeness (QED) is 0.127. The van der Waals surface area contributed by atoms with Crippen LogP contribution in [0.3, 0.4) is 0 Å². The molecule has 0 bridgehead atoms. The van der Waals surface area contributed by atoms with Crippen LogP contribution >= 0.6 is 0 Å². The number of piperazine rings is 1. The number of hydrogen-bond donors (Lipinski definition) is 0. The number of aryl methyl sites for hydroxylation is 3. The highest BCUT2D eigenvalue weighted by Gasteiger charge is 2.23. The summed E-state index contributed by atoms with van der Waals surface area (Å²) in [4.78, 5) is 43.7. The highest BCUT2D eigenvalue weighted by atomic mass is 16.5. The molecule has 0 atom stereocenters. The van der Waals surface area contributed by atoms with E-state index in [1.165, 1.54) is 22.3 Å². The fraction of sp³-hybridized carbons (Fsp3) is 0.567. The van der Waals surface area contributed by atoms with Gasteiger partial charge in [0.25, 0.3) is 0 Å². The standard InChI is InChI=1S/C8H16N2O.5C8H11N.2C7H12N2.C7H10N2.C7H11NO.7C2H6/c1-7(2)10-5-4-9(3)6-8(10)11;1-7(2)8-3-5-9-6-4-8;2*1-7(2)8-4-3-5-9-6-8;2*1-7(2)8-5-3-4-6-9-8;1-6(2)7-4-8-9(3)5-7;1-6(2)7-4-5-9(3)8-7;1-6(2)7-5-8-3-4-9-7;1-5(2)7-4-6(3)9-8-7;7*1-2/h7H,4-6H2,1-3H3;5*3-7H,1-2H3;2*4-6H,1-3H3;3-6H,1-2H3;4-5H,1-3H3;7*1-2H3. The Kier molecular flexibility index (Phi) is 78.9. The summed E-state index contributed by atoms with van der Waals surface area (Å²) in [6, 6.07) is 28.6. The summed E-state index contributed by atoms with van der Waals surface area (Å²) in [5.41, 5.74) is 10.8. The van der Waals surface area contributed by atoms with Crippen LogP contribution in [0.5, 0.6) is 0 Å². The van der Waals surface area contributed by atoms with Crippen molar-refractivity contribution in [2.45, 2.75) is 302 Å². The van der Waals surface area contributed by atoms with Crippen molar-refractivity contribution >= 4 is 5.91 Å². The zero-order valence-electron chi connectivity index (χ0n) is 74.6. The number of nitrogens with zero attached hydrogens (tertiary/aromatic N) is 14. The number of amides is 1. The highest BCUT2D eigenvalue weighted by molar-refractivity contribution is 5.79. The molecule has 10 heterocycles. The molecular formula is C90H158N14O2. The second-order valence-electron chi connectivity index (χ2n) is 25.5. The van der Waals surface area contributed by atoms with Gasteiger partial charge in [0.05, 0.1) is 29.8 Å². The largest absolute Gasteiger partial charge is 0.361 e. The van der Waals surface area contributed by atoms with Crippen molar-refractivity contribution in [1.29, 1.82) is 0 Å². The Balaban J connectivity index is -0.000000202. The first-order chi connectivity index (χ1) is 50.5. The Morgan fingerprint density at radius 1 is 0.358 bits per heavy atom. The van der Waals surface area contributed by atoms with Crippen LogP contribution in [0.2, 0.25) is 0 Å².